The minimum atomic E-state index is -1.42. The van der Waals surface area contributed by atoms with Gasteiger partial charge in [-0.3, -0.25) is 9.59 Å². The lowest BCUT2D eigenvalue weighted by Crippen LogP contribution is -2.35. The number of fused-ring (bicyclic) bond motifs is 2. The largest absolute Gasteiger partial charge is 0.508 e. The molecular formula is C30H22O11. The fourth-order valence-electron chi connectivity index (χ4n) is 4.33. The van der Waals surface area contributed by atoms with Gasteiger partial charge in [0.05, 0.1) is 16.5 Å². The Morgan fingerprint density at radius 2 is 1.20 bits per heavy atom. The number of ether oxygens (including phenoxy) is 1. The Morgan fingerprint density at radius 3 is 1.85 bits per heavy atom. The van der Waals surface area contributed by atoms with Crippen molar-refractivity contribution in [2.24, 2.45) is 0 Å². The van der Waals surface area contributed by atoms with E-state index in [0.29, 0.717) is 16.7 Å². The average molecular weight is 558 g/mol. The van der Waals surface area contributed by atoms with E-state index in [-0.39, 0.29) is 50.7 Å². The maximum atomic E-state index is 12.5. The SMILES string of the molecule is O=C1c2cc(O)c(O)cc2OC(O)C1c1ccc(O)cc1.O=c1c(-c2ccc(O)cc2)coc2cc(O)c(O)cc12. The fraction of sp³-hybridized carbons (Fsp3) is 0.0667. The number of hydrogen-bond acceptors (Lipinski definition) is 11. The van der Waals surface area contributed by atoms with Gasteiger partial charge in [0.2, 0.25) is 11.7 Å². The second-order valence-electron chi connectivity index (χ2n) is 9.14. The van der Waals surface area contributed by atoms with Crippen molar-refractivity contribution in [1.82, 2.24) is 0 Å². The second-order valence-corrected chi connectivity index (χ2v) is 9.14. The van der Waals surface area contributed by atoms with Gasteiger partial charge in [0.15, 0.2) is 28.8 Å². The number of Topliss-reactive ketones (excluding diaryl/α,β-unsaturated/α-hetero) is 1. The molecule has 2 unspecified atom stereocenters. The number of aliphatic hydroxyl groups is 1. The van der Waals surface area contributed by atoms with Crippen molar-refractivity contribution in [2.45, 2.75) is 12.2 Å². The van der Waals surface area contributed by atoms with E-state index in [2.05, 4.69) is 0 Å². The third kappa shape index (κ3) is 5.16. The molecule has 0 spiro atoms. The van der Waals surface area contributed by atoms with Crippen LogP contribution in [0.1, 0.15) is 21.8 Å². The highest BCUT2D eigenvalue weighted by Crippen LogP contribution is 2.41. The molecule has 11 nitrogen and oxygen atoms in total. The molecular weight excluding hydrogens is 536 g/mol. The van der Waals surface area contributed by atoms with E-state index in [9.17, 15) is 45.3 Å². The maximum Gasteiger partial charge on any atom is 0.211 e. The number of benzene rings is 4. The molecule has 0 aliphatic carbocycles. The number of carbonyl (C=O) groups excluding carboxylic acids is 1. The van der Waals surface area contributed by atoms with Gasteiger partial charge in [-0.05, 0) is 47.5 Å². The van der Waals surface area contributed by atoms with Gasteiger partial charge in [0.1, 0.15) is 35.0 Å². The van der Waals surface area contributed by atoms with Gasteiger partial charge in [-0.15, -0.1) is 0 Å². The number of aliphatic hydroxyl groups excluding tert-OH is 1. The normalized spacial score (nSPS) is 15.9. The maximum absolute atomic E-state index is 12.5. The Labute approximate surface area is 230 Å². The molecule has 11 heteroatoms. The highest BCUT2D eigenvalue weighted by molar-refractivity contribution is 6.05. The summed E-state index contributed by atoms with van der Waals surface area (Å²) in [5.74, 6) is -2.86. The lowest BCUT2D eigenvalue weighted by atomic mass is 9.87. The minimum Gasteiger partial charge on any atom is -0.508 e. The summed E-state index contributed by atoms with van der Waals surface area (Å²) in [5.41, 5.74) is 1.31. The van der Waals surface area contributed by atoms with E-state index in [1.807, 2.05) is 0 Å². The zero-order valence-electron chi connectivity index (χ0n) is 20.9. The summed E-state index contributed by atoms with van der Waals surface area (Å²) in [6, 6.07) is 16.5. The minimum absolute atomic E-state index is 0.0119. The van der Waals surface area contributed by atoms with Gasteiger partial charge in [-0.25, -0.2) is 0 Å². The molecule has 0 saturated carbocycles. The van der Waals surface area contributed by atoms with Crippen molar-refractivity contribution in [1.29, 1.82) is 0 Å². The monoisotopic (exact) mass is 558 g/mol. The quantitative estimate of drug-likeness (QED) is 0.154. The van der Waals surface area contributed by atoms with E-state index >= 15 is 0 Å². The van der Waals surface area contributed by atoms with Crippen molar-refractivity contribution in [3.63, 3.8) is 0 Å². The Kier molecular flexibility index (Phi) is 6.87. The van der Waals surface area contributed by atoms with Crippen LogP contribution in [0, 0.1) is 0 Å². The zero-order valence-corrected chi connectivity index (χ0v) is 20.9. The molecule has 7 N–H and O–H groups in total. The first kappa shape index (κ1) is 26.9. The van der Waals surface area contributed by atoms with E-state index < -0.39 is 29.5 Å². The molecule has 208 valence electrons. The molecule has 2 atom stereocenters. The Balaban J connectivity index is 0.000000165. The average Bonchev–Trinajstić information content (AvgIpc) is 2.93. The van der Waals surface area contributed by atoms with Gasteiger partial charge < -0.3 is 44.9 Å². The van der Waals surface area contributed by atoms with Crippen LogP contribution in [-0.2, 0) is 0 Å². The molecule has 5 aromatic rings. The third-order valence-electron chi connectivity index (χ3n) is 6.46. The smallest absolute Gasteiger partial charge is 0.211 e. The molecule has 1 aliphatic heterocycles. The summed E-state index contributed by atoms with van der Waals surface area (Å²) < 4.78 is 10.5. The molecule has 4 aromatic carbocycles. The predicted octanol–water partition coefficient (Wildman–Crippen LogP) is 4.06. The Bertz CT molecular complexity index is 1820. The van der Waals surface area contributed by atoms with Crippen LogP contribution < -0.4 is 10.2 Å². The second kappa shape index (κ2) is 10.5. The van der Waals surface area contributed by atoms with Crippen LogP contribution in [0.2, 0.25) is 0 Å². The number of phenolic OH excluding ortho intramolecular Hbond substituents is 6. The van der Waals surface area contributed by atoms with Gasteiger partial charge in [0, 0.05) is 12.1 Å². The van der Waals surface area contributed by atoms with Crippen molar-refractivity contribution in [3.8, 4) is 51.4 Å². The van der Waals surface area contributed by atoms with Crippen molar-refractivity contribution < 1.29 is 49.7 Å². The molecule has 0 radical (unpaired) electrons. The molecule has 1 aromatic heterocycles. The van der Waals surface area contributed by atoms with Gasteiger partial charge in [0.25, 0.3) is 0 Å². The van der Waals surface area contributed by atoms with E-state index in [1.165, 1.54) is 54.8 Å². The number of ketones is 1. The van der Waals surface area contributed by atoms with Crippen LogP contribution in [0.4, 0.5) is 0 Å². The van der Waals surface area contributed by atoms with Gasteiger partial charge >= 0.3 is 0 Å². The summed E-state index contributed by atoms with van der Waals surface area (Å²) in [5, 5.41) is 66.5. The van der Waals surface area contributed by atoms with Crippen LogP contribution in [0.5, 0.6) is 40.2 Å². The van der Waals surface area contributed by atoms with Gasteiger partial charge in [-0.2, -0.15) is 0 Å². The summed E-state index contributed by atoms with van der Waals surface area (Å²) in [6.45, 7) is 0. The van der Waals surface area contributed by atoms with Crippen molar-refractivity contribution in [3.05, 3.63) is 100 Å². The first-order valence-electron chi connectivity index (χ1n) is 12.0. The Morgan fingerprint density at radius 1 is 0.634 bits per heavy atom. The molecule has 0 bridgehead atoms. The summed E-state index contributed by atoms with van der Waals surface area (Å²) in [6.07, 6.45) is -0.133. The van der Waals surface area contributed by atoms with Gasteiger partial charge in [-0.1, -0.05) is 24.3 Å². The fourth-order valence-corrected chi connectivity index (χ4v) is 4.33. The molecule has 41 heavy (non-hydrogen) atoms. The lowest BCUT2D eigenvalue weighted by Gasteiger charge is -2.29. The number of carbonyl (C=O) groups is 1. The highest BCUT2D eigenvalue weighted by atomic mass is 16.6. The molecule has 6 rings (SSSR count). The number of aromatic hydroxyl groups is 6. The van der Waals surface area contributed by atoms with Crippen molar-refractivity contribution in [2.75, 3.05) is 0 Å². The van der Waals surface area contributed by atoms with E-state index in [4.69, 9.17) is 9.15 Å². The predicted molar refractivity (Wildman–Crippen MR) is 144 cm³/mol. The van der Waals surface area contributed by atoms with E-state index in [1.54, 1.807) is 12.1 Å². The first-order chi connectivity index (χ1) is 19.5. The molecule has 0 amide bonds. The van der Waals surface area contributed by atoms with Crippen molar-refractivity contribution >= 4 is 16.8 Å². The van der Waals surface area contributed by atoms with Crippen LogP contribution in [-0.4, -0.2) is 47.8 Å². The molecule has 0 fully saturated rings. The summed E-state index contributed by atoms with van der Waals surface area (Å²) >= 11 is 0. The third-order valence-corrected chi connectivity index (χ3v) is 6.46. The van der Waals surface area contributed by atoms with Crippen LogP contribution in [0.15, 0.2) is 88.3 Å². The first-order valence-corrected chi connectivity index (χ1v) is 12.0. The van der Waals surface area contributed by atoms with E-state index in [0.717, 1.165) is 12.1 Å². The molecule has 0 saturated heterocycles. The standard InChI is InChI=1S/C15H12O6.C15H10O5/c16-8-3-1-7(2-4-8)13-14(19)9-5-10(17)11(18)6-12(9)21-15(13)20;16-9-3-1-8(2-4-9)11-7-20-14-6-13(18)12(17)5-10(14)15(11)19/h1-6,13,15-18,20H;1-7,16-18H. The molecule has 1 aliphatic rings. The van der Waals surface area contributed by atoms with Crippen LogP contribution in [0.25, 0.3) is 22.1 Å². The number of rotatable bonds is 2. The summed E-state index contributed by atoms with van der Waals surface area (Å²) in [7, 11) is 0. The van der Waals surface area contributed by atoms with Crippen LogP contribution in [0.3, 0.4) is 0 Å². The number of phenols is 6. The topological polar surface area (TPSA) is 198 Å². The highest BCUT2D eigenvalue weighted by Gasteiger charge is 2.38. The van der Waals surface area contributed by atoms with Crippen LogP contribution >= 0.6 is 0 Å². The lowest BCUT2D eigenvalue weighted by molar-refractivity contribution is -0.0387. The summed E-state index contributed by atoms with van der Waals surface area (Å²) in [4.78, 5) is 24.8. The Hall–Kier alpha value is -5.68. The zero-order chi connectivity index (χ0) is 29.4. The molecule has 2 heterocycles. The number of hydrogen-bond donors (Lipinski definition) is 7.